The van der Waals surface area contributed by atoms with Crippen LogP contribution in [-0.4, -0.2) is 37.6 Å². The van der Waals surface area contributed by atoms with Crippen molar-refractivity contribution in [3.8, 4) is 11.5 Å². The fourth-order valence-corrected chi connectivity index (χ4v) is 3.02. The van der Waals surface area contributed by atoms with Gasteiger partial charge in [-0.2, -0.15) is 0 Å². The molecule has 0 saturated heterocycles. The summed E-state index contributed by atoms with van der Waals surface area (Å²) in [4.78, 5) is 29.5. The highest BCUT2D eigenvalue weighted by Gasteiger charge is 2.14. The van der Waals surface area contributed by atoms with Gasteiger partial charge >= 0.3 is 0 Å². The average Bonchev–Trinajstić information content (AvgIpc) is 2.84. The first-order valence-corrected chi connectivity index (χ1v) is 10.1. The molecule has 3 rings (SSSR count). The Morgan fingerprint density at radius 3 is 2.44 bits per heavy atom. The van der Waals surface area contributed by atoms with Gasteiger partial charge in [0.2, 0.25) is 0 Å². The molecule has 3 aromatic rings. The van der Waals surface area contributed by atoms with Crippen LogP contribution >= 0.6 is 0 Å². The van der Waals surface area contributed by atoms with Gasteiger partial charge in [-0.25, -0.2) is 0 Å². The number of aromatic nitrogens is 1. The molecule has 2 N–H and O–H groups in total. The van der Waals surface area contributed by atoms with Gasteiger partial charge in [-0.3, -0.25) is 14.6 Å². The van der Waals surface area contributed by atoms with Gasteiger partial charge in [0.05, 0.1) is 14.2 Å². The molecule has 0 bridgehead atoms. The number of pyridine rings is 1. The Kier molecular flexibility index (Phi) is 7.97. The SMILES string of the molecule is COc1ccc(CCNC(=O)/C(=C/c2cccnc2)NC(=O)c2ccccc2)cc1OC. The molecule has 0 spiro atoms. The highest BCUT2D eigenvalue weighted by atomic mass is 16.5. The van der Waals surface area contributed by atoms with Crippen molar-refractivity contribution >= 4 is 17.9 Å². The molecule has 32 heavy (non-hydrogen) atoms. The molecule has 164 valence electrons. The minimum Gasteiger partial charge on any atom is -0.493 e. The van der Waals surface area contributed by atoms with Crippen molar-refractivity contribution in [3.63, 3.8) is 0 Å². The second-order valence-electron chi connectivity index (χ2n) is 6.86. The Morgan fingerprint density at radius 2 is 1.75 bits per heavy atom. The van der Waals surface area contributed by atoms with E-state index in [1.54, 1.807) is 69.1 Å². The molecular weight excluding hydrogens is 406 g/mol. The van der Waals surface area contributed by atoms with Gasteiger partial charge in [0.25, 0.3) is 11.8 Å². The van der Waals surface area contributed by atoms with E-state index >= 15 is 0 Å². The molecule has 0 fully saturated rings. The van der Waals surface area contributed by atoms with Crippen molar-refractivity contribution in [1.29, 1.82) is 0 Å². The van der Waals surface area contributed by atoms with Crippen molar-refractivity contribution in [2.75, 3.05) is 20.8 Å². The molecule has 0 unspecified atom stereocenters. The Balaban J connectivity index is 1.70. The molecule has 0 aliphatic rings. The zero-order chi connectivity index (χ0) is 22.8. The van der Waals surface area contributed by atoms with Crippen LogP contribution in [0.3, 0.4) is 0 Å². The largest absolute Gasteiger partial charge is 0.493 e. The molecule has 0 aliphatic heterocycles. The summed E-state index contributed by atoms with van der Waals surface area (Å²) < 4.78 is 10.6. The molecular formula is C25H25N3O4. The molecule has 1 heterocycles. The highest BCUT2D eigenvalue weighted by Crippen LogP contribution is 2.27. The first kappa shape index (κ1) is 22.6. The number of rotatable bonds is 9. The van der Waals surface area contributed by atoms with Crippen LogP contribution in [0.4, 0.5) is 0 Å². The quantitative estimate of drug-likeness (QED) is 0.508. The summed E-state index contributed by atoms with van der Waals surface area (Å²) in [5, 5.41) is 5.57. The van der Waals surface area contributed by atoms with Crippen LogP contribution in [0.25, 0.3) is 6.08 Å². The topological polar surface area (TPSA) is 89.5 Å². The Morgan fingerprint density at radius 1 is 0.969 bits per heavy atom. The molecule has 1 aromatic heterocycles. The maximum atomic E-state index is 12.9. The number of amides is 2. The summed E-state index contributed by atoms with van der Waals surface area (Å²) >= 11 is 0. The summed E-state index contributed by atoms with van der Waals surface area (Å²) in [6.07, 6.45) is 5.44. The summed E-state index contributed by atoms with van der Waals surface area (Å²) in [7, 11) is 3.16. The number of methoxy groups -OCH3 is 2. The third kappa shape index (κ3) is 6.18. The minimum atomic E-state index is -0.390. The van der Waals surface area contributed by atoms with Gasteiger partial charge in [-0.05, 0) is 54.0 Å². The van der Waals surface area contributed by atoms with Crippen LogP contribution in [0.15, 0.2) is 78.8 Å². The molecule has 7 nitrogen and oxygen atoms in total. The fraction of sp³-hybridized carbons (Fsp3) is 0.160. The van der Waals surface area contributed by atoms with E-state index < -0.39 is 5.91 Å². The van der Waals surface area contributed by atoms with Crippen molar-refractivity contribution < 1.29 is 19.1 Å². The number of hydrogen-bond acceptors (Lipinski definition) is 5. The standard InChI is InChI=1S/C25H25N3O4/c1-31-22-11-10-18(16-23(22)32-2)12-14-27-25(30)21(15-19-7-6-13-26-17-19)28-24(29)20-8-4-3-5-9-20/h3-11,13,15-17H,12,14H2,1-2H3,(H,27,30)(H,28,29)/b21-15-. The van der Waals surface area contributed by atoms with Crippen molar-refractivity contribution in [2.24, 2.45) is 0 Å². The lowest BCUT2D eigenvalue weighted by molar-refractivity contribution is -0.117. The molecule has 7 heteroatoms. The molecule has 0 radical (unpaired) electrons. The van der Waals surface area contributed by atoms with Crippen LogP contribution in [0, 0.1) is 0 Å². The van der Waals surface area contributed by atoms with E-state index in [-0.39, 0.29) is 11.6 Å². The number of benzene rings is 2. The number of carbonyl (C=O) groups excluding carboxylic acids is 2. The normalized spacial score (nSPS) is 10.9. The second-order valence-corrected chi connectivity index (χ2v) is 6.86. The van der Waals surface area contributed by atoms with E-state index in [2.05, 4.69) is 15.6 Å². The van der Waals surface area contributed by atoms with Crippen LogP contribution in [0.2, 0.25) is 0 Å². The molecule has 0 saturated carbocycles. The van der Waals surface area contributed by atoms with E-state index in [9.17, 15) is 9.59 Å². The molecule has 0 atom stereocenters. The number of nitrogens with one attached hydrogen (secondary N) is 2. The molecule has 0 aliphatic carbocycles. The average molecular weight is 431 g/mol. The van der Waals surface area contributed by atoms with Crippen molar-refractivity contribution in [2.45, 2.75) is 6.42 Å². The maximum absolute atomic E-state index is 12.9. The summed E-state index contributed by atoms with van der Waals surface area (Å²) in [5.74, 6) is 0.517. The lowest BCUT2D eigenvalue weighted by Crippen LogP contribution is -2.35. The van der Waals surface area contributed by atoms with Crippen molar-refractivity contribution in [1.82, 2.24) is 15.6 Å². The Labute approximate surface area is 187 Å². The Hall–Kier alpha value is -4.13. The zero-order valence-corrected chi connectivity index (χ0v) is 18.0. The lowest BCUT2D eigenvalue weighted by atomic mass is 10.1. The number of ether oxygens (including phenoxy) is 2. The van der Waals surface area contributed by atoms with Gasteiger partial charge < -0.3 is 20.1 Å². The van der Waals surface area contributed by atoms with Gasteiger partial charge in [-0.15, -0.1) is 0 Å². The number of nitrogens with zero attached hydrogens (tertiary/aromatic N) is 1. The number of carbonyl (C=O) groups is 2. The van der Waals surface area contributed by atoms with Gasteiger partial charge in [0.15, 0.2) is 11.5 Å². The van der Waals surface area contributed by atoms with Gasteiger partial charge in [-0.1, -0.05) is 30.3 Å². The predicted molar refractivity (Wildman–Crippen MR) is 122 cm³/mol. The highest BCUT2D eigenvalue weighted by molar-refractivity contribution is 6.05. The van der Waals surface area contributed by atoms with Crippen LogP contribution in [0.5, 0.6) is 11.5 Å². The maximum Gasteiger partial charge on any atom is 0.267 e. The zero-order valence-electron chi connectivity index (χ0n) is 18.0. The van der Waals surface area contributed by atoms with E-state index in [4.69, 9.17) is 9.47 Å². The van der Waals surface area contributed by atoms with E-state index in [1.165, 1.54) is 0 Å². The monoisotopic (exact) mass is 431 g/mol. The first-order valence-electron chi connectivity index (χ1n) is 10.1. The minimum absolute atomic E-state index is 0.138. The fourth-order valence-electron chi connectivity index (χ4n) is 3.02. The predicted octanol–water partition coefficient (Wildman–Crippen LogP) is 3.23. The Bertz CT molecular complexity index is 1080. The van der Waals surface area contributed by atoms with E-state index in [0.717, 1.165) is 5.56 Å². The number of hydrogen-bond donors (Lipinski definition) is 2. The van der Waals surface area contributed by atoms with Crippen LogP contribution in [-0.2, 0) is 11.2 Å². The third-order valence-electron chi connectivity index (χ3n) is 4.67. The second kappa shape index (κ2) is 11.3. The third-order valence-corrected chi connectivity index (χ3v) is 4.67. The smallest absolute Gasteiger partial charge is 0.267 e. The van der Waals surface area contributed by atoms with Crippen LogP contribution in [0.1, 0.15) is 21.5 Å². The van der Waals surface area contributed by atoms with Crippen molar-refractivity contribution in [3.05, 3.63) is 95.4 Å². The first-order chi connectivity index (χ1) is 15.6. The van der Waals surface area contributed by atoms with E-state index in [1.807, 2.05) is 24.3 Å². The summed E-state index contributed by atoms with van der Waals surface area (Å²) in [5.41, 5.74) is 2.28. The molecule has 2 aromatic carbocycles. The van der Waals surface area contributed by atoms with E-state index in [0.29, 0.717) is 35.6 Å². The molecule has 2 amide bonds. The summed E-state index contributed by atoms with van der Waals surface area (Å²) in [6, 6.07) is 17.9. The van der Waals surface area contributed by atoms with Gasteiger partial charge in [0.1, 0.15) is 5.70 Å². The van der Waals surface area contributed by atoms with Crippen LogP contribution < -0.4 is 20.1 Å². The van der Waals surface area contributed by atoms with Gasteiger partial charge in [0, 0.05) is 24.5 Å². The lowest BCUT2D eigenvalue weighted by Gasteiger charge is -2.12. The summed E-state index contributed by atoms with van der Waals surface area (Å²) in [6.45, 7) is 0.375.